The summed E-state index contributed by atoms with van der Waals surface area (Å²) in [4.78, 5) is 35.9. The van der Waals surface area contributed by atoms with E-state index in [2.05, 4.69) is 10.1 Å². The molecular formula is C18H17BClNO4. The molecule has 0 heterocycles. The molecule has 1 amide bonds. The van der Waals surface area contributed by atoms with E-state index >= 15 is 0 Å². The highest BCUT2D eigenvalue weighted by atomic mass is 35.5. The molecule has 7 heteroatoms. The summed E-state index contributed by atoms with van der Waals surface area (Å²) in [6, 6.07) is 11.7. The first-order chi connectivity index (χ1) is 11.9. The summed E-state index contributed by atoms with van der Waals surface area (Å²) in [6.07, 6.45) is -0.0379. The lowest BCUT2D eigenvalue weighted by molar-refractivity contribution is -0.141. The van der Waals surface area contributed by atoms with E-state index in [1.54, 1.807) is 42.5 Å². The molecule has 0 aliphatic rings. The molecule has 0 saturated carbocycles. The summed E-state index contributed by atoms with van der Waals surface area (Å²) in [5.74, 6) is -1.04. The van der Waals surface area contributed by atoms with Gasteiger partial charge in [-0.1, -0.05) is 29.2 Å². The molecule has 25 heavy (non-hydrogen) atoms. The fraction of sp³-hybridized carbons (Fsp3) is 0.167. The van der Waals surface area contributed by atoms with Gasteiger partial charge in [0.25, 0.3) is 0 Å². The lowest BCUT2D eigenvalue weighted by atomic mass is 9.91. The summed E-state index contributed by atoms with van der Waals surface area (Å²) in [5.41, 5.74) is 2.15. The van der Waals surface area contributed by atoms with E-state index in [4.69, 9.17) is 11.6 Å². The minimum absolute atomic E-state index is 0.0187. The maximum atomic E-state index is 12.8. The second kappa shape index (κ2) is 8.49. The third-order valence-corrected chi connectivity index (χ3v) is 3.84. The Morgan fingerprint density at radius 2 is 1.76 bits per heavy atom. The quantitative estimate of drug-likeness (QED) is 0.485. The number of halogens is 1. The Morgan fingerprint density at radius 3 is 2.40 bits per heavy atom. The van der Waals surface area contributed by atoms with Crippen LogP contribution >= 0.6 is 11.6 Å². The number of hydrogen-bond donors (Lipinski definition) is 1. The zero-order chi connectivity index (χ0) is 18.4. The summed E-state index contributed by atoms with van der Waals surface area (Å²) in [6.45, 7) is 0. The second-order valence-electron chi connectivity index (χ2n) is 5.51. The highest BCUT2D eigenvalue weighted by Crippen LogP contribution is 2.20. The number of benzene rings is 2. The normalized spacial score (nSPS) is 10.2. The predicted octanol–water partition coefficient (Wildman–Crippen LogP) is 1.72. The minimum atomic E-state index is -0.462. The number of ketones is 1. The van der Waals surface area contributed by atoms with Crippen LogP contribution in [0.15, 0.2) is 42.5 Å². The largest absolute Gasteiger partial charge is 0.469 e. The molecule has 0 fully saturated rings. The Balaban J connectivity index is 2.22. The monoisotopic (exact) mass is 357 g/mol. The van der Waals surface area contributed by atoms with Crippen LogP contribution in [0.1, 0.15) is 28.8 Å². The van der Waals surface area contributed by atoms with Crippen molar-refractivity contribution in [2.45, 2.75) is 12.8 Å². The number of carbonyl (C=O) groups is 3. The zero-order valence-corrected chi connectivity index (χ0v) is 14.7. The van der Waals surface area contributed by atoms with Crippen LogP contribution < -0.4 is 10.8 Å². The second-order valence-corrected chi connectivity index (χ2v) is 5.95. The number of amides is 1. The van der Waals surface area contributed by atoms with Gasteiger partial charge in [0.2, 0.25) is 5.91 Å². The molecule has 0 atom stereocenters. The summed E-state index contributed by atoms with van der Waals surface area (Å²) in [7, 11) is 3.13. The molecule has 0 radical (unpaired) electrons. The van der Waals surface area contributed by atoms with E-state index in [9.17, 15) is 14.4 Å². The first-order valence-corrected chi connectivity index (χ1v) is 8.06. The van der Waals surface area contributed by atoms with Gasteiger partial charge in [-0.25, -0.2) is 0 Å². The van der Waals surface area contributed by atoms with Crippen molar-refractivity contribution >= 4 is 48.3 Å². The summed E-state index contributed by atoms with van der Waals surface area (Å²) >= 11 is 5.85. The first-order valence-electron chi connectivity index (χ1n) is 7.68. The molecule has 5 nitrogen and oxygen atoms in total. The zero-order valence-electron chi connectivity index (χ0n) is 14.0. The molecule has 0 aliphatic carbocycles. The van der Waals surface area contributed by atoms with E-state index in [1.807, 2.05) is 7.85 Å². The number of carbonyl (C=O) groups excluding carboxylic acids is 3. The van der Waals surface area contributed by atoms with Crippen molar-refractivity contribution in [3.05, 3.63) is 58.6 Å². The van der Waals surface area contributed by atoms with Gasteiger partial charge in [0.1, 0.15) is 7.85 Å². The SMILES string of the molecule is Bc1ccc(NC(=O)CCC(=O)OC)c(C(=O)c2ccc(Cl)cc2)c1. The van der Waals surface area contributed by atoms with Gasteiger partial charge in [-0.2, -0.15) is 0 Å². The predicted molar refractivity (Wildman–Crippen MR) is 99.4 cm³/mol. The van der Waals surface area contributed by atoms with Gasteiger partial charge in [-0.15, -0.1) is 0 Å². The molecule has 2 aromatic carbocycles. The Bertz CT molecular complexity index is 805. The summed E-state index contributed by atoms with van der Waals surface area (Å²) in [5, 5.41) is 3.22. The van der Waals surface area contributed by atoms with Crippen molar-refractivity contribution in [3.8, 4) is 0 Å². The molecule has 0 aliphatic heterocycles. The van der Waals surface area contributed by atoms with Gasteiger partial charge in [0.15, 0.2) is 5.78 Å². The molecule has 0 bridgehead atoms. The third kappa shape index (κ3) is 5.19. The fourth-order valence-electron chi connectivity index (χ4n) is 2.24. The van der Waals surface area contributed by atoms with E-state index in [-0.39, 0.29) is 24.5 Å². The molecule has 0 saturated heterocycles. The van der Waals surface area contributed by atoms with Crippen molar-refractivity contribution in [1.82, 2.24) is 0 Å². The molecule has 128 valence electrons. The smallest absolute Gasteiger partial charge is 0.306 e. The van der Waals surface area contributed by atoms with E-state index in [0.29, 0.717) is 21.8 Å². The number of esters is 1. The van der Waals surface area contributed by atoms with Gasteiger partial charge in [-0.05, 0) is 30.3 Å². The van der Waals surface area contributed by atoms with E-state index < -0.39 is 5.97 Å². The van der Waals surface area contributed by atoms with Crippen LogP contribution in [-0.2, 0) is 14.3 Å². The van der Waals surface area contributed by atoms with Crippen LogP contribution in [0, 0.1) is 0 Å². The van der Waals surface area contributed by atoms with E-state index in [0.717, 1.165) is 5.46 Å². The highest BCUT2D eigenvalue weighted by molar-refractivity contribution is 6.33. The maximum absolute atomic E-state index is 12.8. The molecular weight excluding hydrogens is 340 g/mol. The van der Waals surface area contributed by atoms with Gasteiger partial charge >= 0.3 is 5.97 Å². The number of methoxy groups -OCH3 is 1. The van der Waals surface area contributed by atoms with Crippen LogP contribution in [0.4, 0.5) is 5.69 Å². The Hall–Kier alpha value is -2.60. The Labute approximate surface area is 151 Å². The molecule has 0 aromatic heterocycles. The number of nitrogens with one attached hydrogen (secondary N) is 1. The van der Waals surface area contributed by atoms with Gasteiger partial charge < -0.3 is 10.1 Å². The van der Waals surface area contributed by atoms with Gasteiger partial charge in [0.05, 0.1) is 19.2 Å². The number of ether oxygens (including phenoxy) is 1. The van der Waals surface area contributed by atoms with Crippen molar-refractivity contribution in [2.24, 2.45) is 0 Å². The highest BCUT2D eigenvalue weighted by Gasteiger charge is 2.16. The third-order valence-electron chi connectivity index (χ3n) is 3.58. The molecule has 2 aromatic rings. The number of rotatable bonds is 6. The minimum Gasteiger partial charge on any atom is -0.469 e. The van der Waals surface area contributed by atoms with Crippen molar-refractivity contribution in [2.75, 3.05) is 12.4 Å². The lowest BCUT2D eigenvalue weighted by Gasteiger charge is -2.12. The van der Waals surface area contributed by atoms with Gasteiger partial charge in [-0.3, -0.25) is 14.4 Å². The lowest BCUT2D eigenvalue weighted by Crippen LogP contribution is -2.18. The van der Waals surface area contributed by atoms with Crippen molar-refractivity contribution in [1.29, 1.82) is 0 Å². The fourth-order valence-corrected chi connectivity index (χ4v) is 2.37. The maximum Gasteiger partial charge on any atom is 0.306 e. The molecule has 1 N–H and O–H groups in total. The standard InChI is InChI=1S/C18H17BClNO4/c1-25-17(23)9-8-16(22)21-15-7-4-12(19)10-14(15)18(24)11-2-5-13(20)6-3-11/h2-7,10H,8-9,19H2,1H3,(H,21,22). The Kier molecular flexibility index (Phi) is 6.36. The molecule has 2 rings (SSSR count). The van der Waals surface area contributed by atoms with Crippen LogP contribution in [0.3, 0.4) is 0 Å². The van der Waals surface area contributed by atoms with E-state index in [1.165, 1.54) is 7.11 Å². The number of hydrogen-bond acceptors (Lipinski definition) is 4. The van der Waals surface area contributed by atoms with Crippen LogP contribution in [-0.4, -0.2) is 32.6 Å². The van der Waals surface area contributed by atoms with Gasteiger partial charge in [0, 0.05) is 22.6 Å². The van der Waals surface area contributed by atoms with Crippen LogP contribution in [0.5, 0.6) is 0 Å². The first kappa shape index (κ1) is 18.7. The number of anilines is 1. The molecule has 0 spiro atoms. The summed E-state index contributed by atoms with van der Waals surface area (Å²) < 4.78 is 4.51. The van der Waals surface area contributed by atoms with Crippen LogP contribution in [0.25, 0.3) is 0 Å². The van der Waals surface area contributed by atoms with Crippen molar-refractivity contribution in [3.63, 3.8) is 0 Å². The topological polar surface area (TPSA) is 72.5 Å². The van der Waals surface area contributed by atoms with Crippen LogP contribution in [0.2, 0.25) is 5.02 Å². The molecule has 0 unspecified atom stereocenters. The average molecular weight is 358 g/mol. The van der Waals surface area contributed by atoms with Crippen molar-refractivity contribution < 1.29 is 19.1 Å². The Morgan fingerprint density at radius 1 is 1.08 bits per heavy atom. The average Bonchev–Trinajstić information content (AvgIpc) is 2.61.